The van der Waals surface area contributed by atoms with Crippen molar-refractivity contribution in [3.05, 3.63) is 21.2 Å². The lowest BCUT2D eigenvalue weighted by Gasteiger charge is -2.26. The van der Waals surface area contributed by atoms with Crippen LogP contribution in [-0.4, -0.2) is 51.0 Å². The van der Waals surface area contributed by atoms with Gasteiger partial charge in [0.15, 0.2) is 0 Å². The molecule has 19 heavy (non-hydrogen) atoms. The minimum Gasteiger partial charge on any atom is -0.378 e. The molecule has 0 bridgehead atoms. The van der Waals surface area contributed by atoms with E-state index >= 15 is 0 Å². The second kappa shape index (κ2) is 5.55. The first-order chi connectivity index (χ1) is 9.22. The molecule has 1 fully saturated rings. The Bertz CT molecular complexity index is 585. The average molecular weight is 393 g/mol. The van der Waals surface area contributed by atoms with E-state index in [1.165, 1.54) is 0 Å². The molecule has 0 aromatic carbocycles. The molecule has 0 amide bonds. The number of halogens is 2. The van der Waals surface area contributed by atoms with E-state index in [1.54, 1.807) is 10.9 Å². The van der Waals surface area contributed by atoms with Crippen molar-refractivity contribution in [3.63, 3.8) is 0 Å². The van der Waals surface area contributed by atoms with Crippen LogP contribution >= 0.6 is 34.2 Å². The van der Waals surface area contributed by atoms with Crippen molar-refractivity contribution >= 4 is 40.1 Å². The Morgan fingerprint density at radius 3 is 2.58 bits per heavy atom. The lowest BCUT2D eigenvalue weighted by Crippen LogP contribution is -2.37. The summed E-state index contributed by atoms with van der Waals surface area (Å²) < 4.78 is 7.89. The Morgan fingerprint density at radius 1 is 1.16 bits per heavy atom. The number of morpholine rings is 1. The third kappa shape index (κ3) is 2.95. The van der Waals surface area contributed by atoms with E-state index in [9.17, 15) is 0 Å². The molecule has 0 spiro atoms. The third-order valence-electron chi connectivity index (χ3n) is 2.63. The van der Waals surface area contributed by atoms with Crippen molar-refractivity contribution < 1.29 is 4.74 Å². The zero-order valence-corrected chi connectivity index (χ0v) is 12.7. The standard InChI is InChI=1S/C10H10ClIN6O/c11-8-14-9(17-1-3-19-4-2-17)16-10(15-8)18-6-7(12)5-13-18/h5-6H,1-4H2. The quantitative estimate of drug-likeness (QED) is 0.714. The summed E-state index contributed by atoms with van der Waals surface area (Å²) in [6.07, 6.45) is 3.56. The Morgan fingerprint density at radius 2 is 1.89 bits per heavy atom. The molecule has 9 heteroatoms. The van der Waals surface area contributed by atoms with Crippen LogP contribution in [0.4, 0.5) is 5.95 Å². The van der Waals surface area contributed by atoms with Gasteiger partial charge in [-0.3, -0.25) is 0 Å². The molecule has 7 nitrogen and oxygen atoms in total. The summed E-state index contributed by atoms with van der Waals surface area (Å²) in [5.41, 5.74) is 0. The van der Waals surface area contributed by atoms with Gasteiger partial charge in [-0.05, 0) is 34.2 Å². The zero-order chi connectivity index (χ0) is 13.2. The fourth-order valence-electron chi connectivity index (χ4n) is 1.75. The van der Waals surface area contributed by atoms with Crippen LogP contribution in [0.15, 0.2) is 12.4 Å². The first-order valence-corrected chi connectivity index (χ1v) is 7.13. The first-order valence-electron chi connectivity index (χ1n) is 5.67. The van der Waals surface area contributed by atoms with E-state index in [0.717, 1.165) is 16.7 Å². The van der Waals surface area contributed by atoms with Crippen LogP contribution < -0.4 is 4.90 Å². The van der Waals surface area contributed by atoms with E-state index in [4.69, 9.17) is 16.3 Å². The van der Waals surface area contributed by atoms with Gasteiger partial charge in [0.2, 0.25) is 11.2 Å². The topological polar surface area (TPSA) is 69.0 Å². The number of nitrogens with zero attached hydrogens (tertiary/aromatic N) is 6. The second-order valence-corrected chi connectivity index (χ2v) is 5.49. The van der Waals surface area contributed by atoms with E-state index in [-0.39, 0.29) is 5.28 Å². The van der Waals surface area contributed by atoms with E-state index in [2.05, 4.69) is 42.6 Å². The van der Waals surface area contributed by atoms with Crippen LogP contribution in [0.1, 0.15) is 0 Å². The SMILES string of the molecule is Clc1nc(N2CCOCC2)nc(-n2cc(I)cn2)n1. The molecule has 0 aliphatic carbocycles. The molecule has 0 radical (unpaired) electrons. The van der Waals surface area contributed by atoms with Gasteiger partial charge in [-0.25, -0.2) is 4.68 Å². The van der Waals surface area contributed by atoms with Crippen molar-refractivity contribution in [2.45, 2.75) is 0 Å². The van der Waals surface area contributed by atoms with Crippen LogP contribution in [0.3, 0.4) is 0 Å². The van der Waals surface area contributed by atoms with Crippen molar-refractivity contribution in [2.24, 2.45) is 0 Å². The summed E-state index contributed by atoms with van der Waals surface area (Å²) in [7, 11) is 0. The van der Waals surface area contributed by atoms with Crippen molar-refractivity contribution in [1.82, 2.24) is 24.7 Å². The van der Waals surface area contributed by atoms with E-state index < -0.39 is 0 Å². The van der Waals surface area contributed by atoms with Crippen molar-refractivity contribution in [2.75, 3.05) is 31.2 Å². The van der Waals surface area contributed by atoms with E-state index in [0.29, 0.717) is 25.1 Å². The molecule has 0 unspecified atom stereocenters. The van der Waals surface area contributed by atoms with Crippen LogP contribution in [-0.2, 0) is 4.74 Å². The molecule has 3 heterocycles. The van der Waals surface area contributed by atoms with Gasteiger partial charge in [-0.15, -0.1) is 0 Å². The highest BCUT2D eigenvalue weighted by molar-refractivity contribution is 14.1. The highest BCUT2D eigenvalue weighted by Gasteiger charge is 2.16. The molecule has 100 valence electrons. The molecule has 2 aromatic rings. The minimum atomic E-state index is 0.164. The monoisotopic (exact) mass is 392 g/mol. The Balaban J connectivity index is 1.95. The fraction of sp³-hybridized carbons (Fsp3) is 0.400. The van der Waals surface area contributed by atoms with E-state index in [1.807, 2.05) is 11.1 Å². The summed E-state index contributed by atoms with van der Waals surface area (Å²) in [5.74, 6) is 0.980. The molecule has 2 aromatic heterocycles. The summed E-state index contributed by atoms with van der Waals surface area (Å²) in [6, 6.07) is 0. The van der Waals surface area contributed by atoms with Crippen molar-refractivity contribution in [1.29, 1.82) is 0 Å². The smallest absolute Gasteiger partial charge is 0.256 e. The molecule has 1 saturated heterocycles. The van der Waals surface area contributed by atoms with Gasteiger partial charge in [0.25, 0.3) is 5.95 Å². The van der Waals surface area contributed by atoms with Gasteiger partial charge in [-0.2, -0.15) is 20.1 Å². The Kier molecular flexibility index (Phi) is 3.80. The highest BCUT2D eigenvalue weighted by Crippen LogP contribution is 2.15. The average Bonchev–Trinajstić information content (AvgIpc) is 2.86. The predicted molar refractivity (Wildman–Crippen MR) is 77.7 cm³/mol. The van der Waals surface area contributed by atoms with Crippen LogP contribution in [0.2, 0.25) is 5.28 Å². The van der Waals surface area contributed by atoms with Crippen LogP contribution in [0, 0.1) is 3.57 Å². The van der Waals surface area contributed by atoms with Gasteiger partial charge >= 0.3 is 0 Å². The van der Waals surface area contributed by atoms with Crippen LogP contribution in [0.25, 0.3) is 5.95 Å². The number of rotatable bonds is 2. The lowest BCUT2D eigenvalue weighted by molar-refractivity contribution is 0.122. The molecule has 0 atom stereocenters. The largest absolute Gasteiger partial charge is 0.378 e. The van der Waals surface area contributed by atoms with Gasteiger partial charge in [0.05, 0.1) is 23.0 Å². The predicted octanol–water partition coefficient (Wildman–Crippen LogP) is 1.15. The van der Waals surface area contributed by atoms with Crippen molar-refractivity contribution in [3.8, 4) is 5.95 Å². The Hall–Kier alpha value is -1.00. The molecule has 1 aliphatic rings. The molecule has 3 rings (SSSR count). The number of hydrogen-bond acceptors (Lipinski definition) is 6. The van der Waals surface area contributed by atoms with Gasteiger partial charge in [0.1, 0.15) is 0 Å². The molecule has 0 N–H and O–H groups in total. The van der Waals surface area contributed by atoms with Gasteiger partial charge in [0, 0.05) is 19.3 Å². The second-order valence-electron chi connectivity index (χ2n) is 3.91. The maximum atomic E-state index is 5.96. The summed E-state index contributed by atoms with van der Waals surface area (Å²) >= 11 is 8.14. The Labute approximate surface area is 128 Å². The van der Waals surface area contributed by atoms with Crippen LogP contribution in [0.5, 0.6) is 0 Å². The van der Waals surface area contributed by atoms with Gasteiger partial charge in [-0.1, -0.05) is 0 Å². The maximum absolute atomic E-state index is 5.96. The third-order valence-corrected chi connectivity index (χ3v) is 3.36. The minimum absolute atomic E-state index is 0.164. The number of anilines is 1. The van der Waals surface area contributed by atoms with Gasteiger partial charge < -0.3 is 9.64 Å². The number of ether oxygens (including phenoxy) is 1. The summed E-state index contributed by atoms with van der Waals surface area (Å²) in [5, 5.41) is 4.33. The first kappa shape index (κ1) is 13.0. The highest BCUT2D eigenvalue weighted by atomic mass is 127. The summed E-state index contributed by atoms with van der Waals surface area (Å²) in [4.78, 5) is 14.7. The molecular formula is C10H10ClIN6O. The number of hydrogen-bond donors (Lipinski definition) is 0. The number of aromatic nitrogens is 5. The fourth-order valence-corrected chi connectivity index (χ4v) is 2.29. The lowest BCUT2D eigenvalue weighted by atomic mass is 10.4. The molecular weight excluding hydrogens is 383 g/mol. The zero-order valence-electron chi connectivity index (χ0n) is 9.83. The molecule has 0 saturated carbocycles. The molecule has 1 aliphatic heterocycles. The normalized spacial score (nSPS) is 15.8. The maximum Gasteiger partial charge on any atom is 0.256 e. The summed E-state index contributed by atoms with van der Waals surface area (Å²) in [6.45, 7) is 2.82.